The van der Waals surface area contributed by atoms with Gasteiger partial charge in [0, 0.05) is 49.9 Å². The molecular formula is C22H25N3O2. The topological polar surface area (TPSA) is 59.8 Å². The zero-order valence-corrected chi connectivity index (χ0v) is 15.3. The largest absolute Gasteiger partial charge is 0.505 e. The number of hydrogen-bond donors (Lipinski definition) is 2. The lowest BCUT2D eigenvalue weighted by Crippen LogP contribution is -2.48. The number of rotatable bonds is 5. The molecule has 2 aromatic carbocycles. The third-order valence-electron chi connectivity index (χ3n) is 5.38. The summed E-state index contributed by atoms with van der Waals surface area (Å²) in [7, 11) is 0. The quantitative estimate of drug-likeness (QED) is 0.730. The molecule has 1 fully saturated rings. The van der Waals surface area contributed by atoms with E-state index >= 15 is 0 Å². The number of phenolic OH excluding ortho intramolecular Hbond substituents is 1. The van der Waals surface area contributed by atoms with E-state index in [1.807, 2.05) is 42.5 Å². The lowest BCUT2D eigenvalue weighted by atomic mass is 9.94. The van der Waals surface area contributed by atoms with Crippen molar-refractivity contribution in [2.45, 2.75) is 6.04 Å². The fraction of sp³-hybridized carbons (Fsp3) is 0.318. The van der Waals surface area contributed by atoms with Crippen LogP contribution >= 0.6 is 0 Å². The van der Waals surface area contributed by atoms with Gasteiger partial charge in [-0.1, -0.05) is 48.5 Å². The van der Waals surface area contributed by atoms with Gasteiger partial charge in [-0.15, -0.1) is 0 Å². The monoisotopic (exact) mass is 363 g/mol. The summed E-state index contributed by atoms with van der Waals surface area (Å²) < 4.78 is 0. The molecule has 0 saturated carbocycles. The molecule has 1 aliphatic rings. The maximum absolute atomic E-state index is 11.0. The first kappa shape index (κ1) is 17.9. The zero-order valence-electron chi connectivity index (χ0n) is 15.3. The van der Waals surface area contributed by atoms with Crippen LogP contribution < -0.4 is 0 Å². The summed E-state index contributed by atoms with van der Waals surface area (Å²) in [5.74, 6) is 0.264. The van der Waals surface area contributed by atoms with Crippen LogP contribution in [0.5, 0.6) is 5.75 Å². The Morgan fingerprint density at radius 2 is 1.70 bits per heavy atom. The maximum atomic E-state index is 11.0. The molecule has 1 aromatic heterocycles. The first-order valence-corrected chi connectivity index (χ1v) is 9.47. The van der Waals surface area contributed by atoms with Crippen molar-refractivity contribution < 1.29 is 10.2 Å². The zero-order chi connectivity index (χ0) is 18.6. The van der Waals surface area contributed by atoms with Crippen molar-refractivity contribution >= 4 is 10.9 Å². The van der Waals surface area contributed by atoms with E-state index in [0.717, 1.165) is 43.7 Å². The number of aliphatic hydroxyl groups is 1. The van der Waals surface area contributed by atoms with Gasteiger partial charge in [-0.05, 0) is 11.6 Å². The van der Waals surface area contributed by atoms with Crippen molar-refractivity contribution in [1.82, 2.24) is 14.8 Å². The lowest BCUT2D eigenvalue weighted by Gasteiger charge is -2.39. The molecule has 1 aliphatic heterocycles. The highest BCUT2D eigenvalue weighted by Crippen LogP contribution is 2.38. The summed E-state index contributed by atoms with van der Waals surface area (Å²) >= 11 is 0. The molecule has 4 rings (SSSR count). The third kappa shape index (κ3) is 3.67. The summed E-state index contributed by atoms with van der Waals surface area (Å²) in [6.07, 6.45) is 1.72. The van der Waals surface area contributed by atoms with E-state index in [4.69, 9.17) is 0 Å². The summed E-state index contributed by atoms with van der Waals surface area (Å²) in [6, 6.07) is 18.2. The Hall–Kier alpha value is -2.47. The van der Waals surface area contributed by atoms with Gasteiger partial charge in [0.15, 0.2) is 0 Å². The number of aromatic nitrogens is 1. The predicted octanol–water partition coefficient (Wildman–Crippen LogP) is 2.64. The van der Waals surface area contributed by atoms with E-state index < -0.39 is 0 Å². The summed E-state index contributed by atoms with van der Waals surface area (Å²) in [4.78, 5) is 9.08. The number of fused-ring (bicyclic) bond motifs is 1. The van der Waals surface area contributed by atoms with Crippen molar-refractivity contribution in [2.24, 2.45) is 0 Å². The van der Waals surface area contributed by atoms with Crippen LogP contribution in [0.15, 0.2) is 60.8 Å². The number of aromatic hydroxyl groups is 1. The number of β-amino-alcohol motifs (C(OH)–C–C–N with tert-alkyl or cyclic N) is 1. The molecule has 5 heteroatoms. The van der Waals surface area contributed by atoms with Crippen LogP contribution in [-0.2, 0) is 0 Å². The Morgan fingerprint density at radius 3 is 2.44 bits per heavy atom. The van der Waals surface area contributed by atoms with Crippen molar-refractivity contribution in [3.8, 4) is 5.75 Å². The van der Waals surface area contributed by atoms with Gasteiger partial charge in [-0.3, -0.25) is 14.8 Å². The standard InChI is InChI=1S/C22H25N3O2/c26-16-15-24-11-13-25(14-12-24)21(18-5-2-1-3-6-18)19-9-8-17-7-4-10-23-20(17)22(19)27/h1-10,21,26-27H,11-16H2/t21-/m0/s1. The van der Waals surface area contributed by atoms with Gasteiger partial charge in [-0.2, -0.15) is 0 Å². The molecule has 0 unspecified atom stereocenters. The van der Waals surface area contributed by atoms with Crippen molar-refractivity contribution in [2.75, 3.05) is 39.3 Å². The minimum absolute atomic E-state index is 0.0196. The van der Waals surface area contributed by atoms with Crippen LogP contribution in [-0.4, -0.2) is 64.3 Å². The van der Waals surface area contributed by atoms with Crippen molar-refractivity contribution in [1.29, 1.82) is 0 Å². The van der Waals surface area contributed by atoms with Gasteiger partial charge in [0.25, 0.3) is 0 Å². The molecule has 27 heavy (non-hydrogen) atoms. The third-order valence-corrected chi connectivity index (χ3v) is 5.38. The number of benzene rings is 2. The molecule has 0 radical (unpaired) electrons. The van der Waals surface area contributed by atoms with Crippen LogP contribution in [0.25, 0.3) is 10.9 Å². The molecule has 3 aromatic rings. The Morgan fingerprint density at radius 1 is 0.926 bits per heavy atom. The number of nitrogens with zero attached hydrogens (tertiary/aromatic N) is 3. The smallest absolute Gasteiger partial charge is 0.146 e. The van der Waals surface area contributed by atoms with Gasteiger partial charge in [-0.25, -0.2) is 0 Å². The molecular weight excluding hydrogens is 338 g/mol. The molecule has 1 saturated heterocycles. The van der Waals surface area contributed by atoms with E-state index in [1.54, 1.807) is 6.20 Å². The van der Waals surface area contributed by atoms with Gasteiger partial charge in [0.2, 0.25) is 0 Å². The molecule has 140 valence electrons. The predicted molar refractivity (Wildman–Crippen MR) is 107 cm³/mol. The minimum Gasteiger partial charge on any atom is -0.505 e. The molecule has 5 nitrogen and oxygen atoms in total. The first-order valence-electron chi connectivity index (χ1n) is 9.47. The Bertz CT molecular complexity index is 892. The fourth-order valence-corrected chi connectivity index (χ4v) is 3.97. The highest BCUT2D eigenvalue weighted by Gasteiger charge is 2.28. The highest BCUT2D eigenvalue weighted by molar-refractivity contribution is 5.85. The first-order chi connectivity index (χ1) is 13.3. The number of piperazine rings is 1. The van der Waals surface area contributed by atoms with Gasteiger partial charge in [0.1, 0.15) is 11.3 Å². The van der Waals surface area contributed by atoms with E-state index in [2.05, 4.69) is 26.9 Å². The fourth-order valence-electron chi connectivity index (χ4n) is 3.97. The summed E-state index contributed by atoms with van der Waals surface area (Å²) in [5, 5.41) is 21.1. The molecule has 0 spiro atoms. The van der Waals surface area contributed by atoms with Crippen LogP contribution in [0.3, 0.4) is 0 Å². The Balaban J connectivity index is 1.73. The highest BCUT2D eigenvalue weighted by atomic mass is 16.3. The second-order valence-electron chi connectivity index (χ2n) is 6.99. The second kappa shape index (κ2) is 8.05. The lowest BCUT2D eigenvalue weighted by molar-refractivity contribution is 0.0938. The number of phenols is 1. The van der Waals surface area contributed by atoms with Gasteiger partial charge < -0.3 is 10.2 Å². The van der Waals surface area contributed by atoms with E-state index in [9.17, 15) is 10.2 Å². The molecule has 2 heterocycles. The summed E-state index contributed by atoms with van der Waals surface area (Å²) in [5.41, 5.74) is 2.71. The maximum Gasteiger partial charge on any atom is 0.146 e. The minimum atomic E-state index is -0.0196. The van der Waals surface area contributed by atoms with Crippen LogP contribution in [0.4, 0.5) is 0 Å². The molecule has 0 aliphatic carbocycles. The van der Waals surface area contributed by atoms with Crippen LogP contribution in [0.2, 0.25) is 0 Å². The number of pyridine rings is 1. The van der Waals surface area contributed by atoms with Crippen LogP contribution in [0.1, 0.15) is 17.2 Å². The SMILES string of the molecule is OCCN1CCN([C@@H](c2ccccc2)c2ccc3cccnc3c2O)CC1. The average Bonchev–Trinajstić information content (AvgIpc) is 2.72. The van der Waals surface area contributed by atoms with E-state index in [1.165, 1.54) is 5.56 Å². The number of aliphatic hydroxyl groups excluding tert-OH is 1. The molecule has 0 amide bonds. The number of hydrogen-bond acceptors (Lipinski definition) is 5. The molecule has 1 atom stereocenters. The Kier molecular flexibility index (Phi) is 5.34. The van der Waals surface area contributed by atoms with Crippen LogP contribution in [0, 0.1) is 0 Å². The van der Waals surface area contributed by atoms with Crippen molar-refractivity contribution in [3.63, 3.8) is 0 Å². The van der Waals surface area contributed by atoms with Crippen molar-refractivity contribution in [3.05, 3.63) is 71.9 Å². The molecule has 0 bridgehead atoms. The molecule has 2 N–H and O–H groups in total. The van der Waals surface area contributed by atoms with Gasteiger partial charge in [0.05, 0.1) is 12.6 Å². The van der Waals surface area contributed by atoms with E-state index in [-0.39, 0.29) is 18.4 Å². The average molecular weight is 363 g/mol. The van der Waals surface area contributed by atoms with Gasteiger partial charge >= 0.3 is 0 Å². The summed E-state index contributed by atoms with van der Waals surface area (Å²) in [6.45, 7) is 4.51. The Labute approximate surface area is 159 Å². The van der Waals surface area contributed by atoms with E-state index in [0.29, 0.717) is 5.52 Å². The second-order valence-corrected chi connectivity index (χ2v) is 6.99. The normalized spacial score (nSPS) is 17.2.